The van der Waals surface area contributed by atoms with Crippen molar-refractivity contribution in [2.24, 2.45) is 0 Å². The van der Waals surface area contributed by atoms with Gasteiger partial charge in [0.2, 0.25) is 0 Å². The van der Waals surface area contributed by atoms with E-state index in [1.807, 2.05) is 14.0 Å². The third kappa shape index (κ3) is 3.88. The Morgan fingerprint density at radius 2 is 1.96 bits per heavy atom. The van der Waals surface area contributed by atoms with Crippen LogP contribution in [0.3, 0.4) is 0 Å². The third-order valence-electron chi connectivity index (χ3n) is 4.45. The number of piperazine rings is 1. The Balaban J connectivity index is 1.63. The lowest BCUT2D eigenvalue weighted by Crippen LogP contribution is -2.47. The quantitative estimate of drug-likeness (QED) is 0.860. The molecule has 0 aliphatic carbocycles. The Morgan fingerprint density at radius 1 is 1.21 bits per heavy atom. The molecule has 2 aliphatic rings. The van der Waals surface area contributed by atoms with Crippen molar-refractivity contribution in [2.75, 3.05) is 38.5 Å². The zero-order valence-corrected chi connectivity index (χ0v) is 14.1. The van der Waals surface area contributed by atoms with E-state index in [-0.39, 0.29) is 17.9 Å². The van der Waals surface area contributed by atoms with Gasteiger partial charge in [-0.05, 0) is 26.8 Å². The summed E-state index contributed by atoms with van der Waals surface area (Å²) >= 11 is 0. The van der Waals surface area contributed by atoms with Crippen LogP contribution >= 0.6 is 0 Å². The van der Waals surface area contributed by atoms with Crippen LogP contribution in [0.2, 0.25) is 0 Å². The van der Waals surface area contributed by atoms with Crippen LogP contribution in [0.25, 0.3) is 0 Å². The fourth-order valence-corrected chi connectivity index (χ4v) is 2.92. The Hall–Kier alpha value is -2.06. The van der Waals surface area contributed by atoms with Gasteiger partial charge in [0.25, 0.3) is 11.8 Å². The van der Waals surface area contributed by atoms with Crippen molar-refractivity contribution in [3.05, 3.63) is 18.1 Å². The molecular weight excluding hydrogens is 310 g/mol. The normalized spacial score (nSPS) is 24.8. The molecule has 2 unspecified atom stereocenters. The van der Waals surface area contributed by atoms with Gasteiger partial charge in [-0.25, -0.2) is 9.97 Å². The number of carbonyl (C=O) groups is 2. The summed E-state index contributed by atoms with van der Waals surface area (Å²) in [6, 6.07) is 1.52. The minimum absolute atomic E-state index is 0.0977. The van der Waals surface area contributed by atoms with E-state index in [9.17, 15) is 9.59 Å². The molecule has 2 amide bonds. The van der Waals surface area contributed by atoms with Crippen LogP contribution in [0.5, 0.6) is 0 Å². The number of amides is 2. The van der Waals surface area contributed by atoms with E-state index in [4.69, 9.17) is 4.74 Å². The topological polar surface area (TPSA) is 87.7 Å². The van der Waals surface area contributed by atoms with E-state index in [1.165, 1.54) is 12.4 Å². The summed E-state index contributed by atoms with van der Waals surface area (Å²) < 4.78 is 5.54. The summed E-state index contributed by atoms with van der Waals surface area (Å²) in [5.74, 6) is -0.0292. The number of carbonyl (C=O) groups excluding carboxylic acids is 2. The van der Waals surface area contributed by atoms with Crippen molar-refractivity contribution < 1.29 is 14.3 Å². The van der Waals surface area contributed by atoms with Gasteiger partial charge in [0, 0.05) is 32.2 Å². The van der Waals surface area contributed by atoms with Crippen molar-refractivity contribution >= 4 is 17.6 Å². The first kappa shape index (κ1) is 16.8. The predicted octanol–water partition coefficient (Wildman–Crippen LogP) is 0.370. The summed E-state index contributed by atoms with van der Waals surface area (Å²) in [7, 11) is 2.03. The Kier molecular flexibility index (Phi) is 5.06. The van der Waals surface area contributed by atoms with Crippen molar-refractivity contribution in [1.29, 1.82) is 0 Å². The van der Waals surface area contributed by atoms with Gasteiger partial charge in [0.05, 0.1) is 6.10 Å². The van der Waals surface area contributed by atoms with Crippen molar-refractivity contribution in [2.45, 2.75) is 32.0 Å². The summed E-state index contributed by atoms with van der Waals surface area (Å²) in [6.07, 6.45) is 2.52. The van der Waals surface area contributed by atoms with Crippen LogP contribution in [-0.2, 0) is 9.53 Å². The first-order chi connectivity index (χ1) is 11.5. The first-order valence-corrected chi connectivity index (χ1v) is 8.29. The highest BCUT2D eigenvalue weighted by Crippen LogP contribution is 2.20. The highest BCUT2D eigenvalue weighted by atomic mass is 16.5. The number of hydrogen-bond acceptors (Lipinski definition) is 6. The van der Waals surface area contributed by atoms with E-state index in [2.05, 4.69) is 20.2 Å². The molecule has 2 saturated heterocycles. The Labute approximate surface area is 141 Å². The van der Waals surface area contributed by atoms with E-state index in [0.29, 0.717) is 31.0 Å². The Bertz CT molecular complexity index is 615. The van der Waals surface area contributed by atoms with Gasteiger partial charge in [-0.2, -0.15) is 0 Å². The molecule has 2 atom stereocenters. The SMILES string of the molecule is CC1CCC(C(=O)Nc2cc(C(=O)N3CCN(C)CC3)ncn2)O1. The maximum Gasteiger partial charge on any atom is 0.272 e. The van der Waals surface area contributed by atoms with Crippen LogP contribution in [-0.4, -0.2) is 77.0 Å². The first-order valence-electron chi connectivity index (χ1n) is 8.29. The number of nitrogens with zero attached hydrogens (tertiary/aromatic N) is 4. The molecule has 0 bridgehead atoms. The lowest BCUT2D eigenvalue weighted by Gasteiger charge is -2.32. The second-order valence-electron chi connectivity index (χ2n) is 6.39. The molecule has 1 aromatic rings. The molecule has 2 fully saturated rings. The van der Waals surface area contributed by atoms with Gasteiger partial charge in [-0.1, -0.05) is 0 Å². The van der Waals surface area contributed by atoms with Crippen molar-refractivity contribution in [3.63, 3.8) is 0 Å². The number of aromatic nitrogens is 2. The van der Waals surface area contributed by atoms with E-state index in [0.717, 1.165) is 19.5 Å². The molecule has 0 radical (unpaired) electrons. The molecule has 0 saturated carbocycles. The van der Waals surface area contributed by atoms with Crippen LogP contribution in [0.4, 0.5) is 5.82 Å². The molecule has 8 nitrogen and oxygen atoms in total. The van der Waals surface area contributed by atoms with Gasteiger partial charge in [0.1, 0.15) is 23.9 Å². The van der Waals surface area contributed by atoms with Gasteiger partial charge >= 0.3 is 0 Å². The fraction of sp³-hybridized carbons (Fsp3) is 0.625. The molecule has 0 aromatic carbocycles. The highest BCUT2D eigenvalue weighted by Gasteiger charge is 2.28. The summed E-state index contributed by atoms with van der Waals surface area (Å²) in [5.41, 5.74) is 0.297. The minimum Gasteiger partial charge on any atom is -0.365 e. The average Bonchev–Trinajstić information content (AvgIpc) is 3.02. The maximum absolute atomic E-state index is 12.5. The average molecular weight is 333 g/mol. The van der Waals surface area contributed by atoms with Gasteiger partial charge in [-0.15, -0.1) is 0 Å². The van der Waals surface area contributed by atoms with Crippen molar-refractivity contribution in [1.82, 2.24) is 19.8 Å². The zero-order chi connectivity index (χ0) is 17.1. The molecule has 0 spiro atoms. The smallest absolute Gasteiger partial charge is 0.272 e. The lowest BCUT2D eigenvalue weighted by molar-refractivity contribution is -0.126. The summed E-state index contributed by atoms with van der Waals surface area (Å²) in [6.45, 7) is 4.99. The molecule has 1 N–H and O–H groups in total. The number of rotatable bonds is 3. The number of anilines is 1. The van der Waals surface area contributed by atoms with E-state index >= 15 is 0 Å². The number of ether oxygens (including phenoxy) is 1. The second kappa shape index (κ2) is 7.23. The van der Waals surface area contributed by atoms with E-state index < -0.39 is 6.10 Å². The zero-order valence-electron chi connectivity index (χ0n) is 14.1. The largest absolute Gasteiger partial charge is 0.365 e. The summed E-state index contributed by atoms with van der Waals surface area (Å²) in [5, 5.41) is 2.72. The molecule has 130 valence electrons. The minimum atomic E-state index is -0.452. The summed E-state index contributed by atoms with van der Waals surface area (Å²) in [4.78, 5) is 36.7. The molecule has 1 aromatic heterocycles. The van der Waals surface area contributed by atoms with Crippen molar-refractivity contribution in [3.8, 4) is 0 Å². The van der Waals surface area contributed by atoms with Crippen LogP contribution in [0, 0.1) is 0 Å². The highest BCUT2D eigenvalue weighted by molar-refractivity contribution is 5.96. The molecule has 3 heterocycles. The van der Waals surface area contributed by atoms with Gasteiger partial charge < -0.3 is 19.9 Å². The predicted molar refractivity (Wildman–Crippen MR) is 87.6 cm³/mol. The fourth-order valence-electron chi connectivity index (χ4n) is 2.92. The molecular formula is C16H23N5O3. The van der Waals surface area contributed by atoms with Gasteiger partial charge in [-0.3, -0.25) is 9.59 Å². The standard InChI is InChI=1S/C16H23N5O3/c1-11-3-4-13(24-11)15(22)19-14-9-12(17-10-18-14)16(23)21-7-5-20(2)6-8-21/h9-11,13H,3-8H2,1-2H3,(H,17,18,19,22). The maximum atomic E-state index is 12.5. The second-order valence-corrected chi connectivity index (χ2v) is 6.39. The lowest BCUT2D eigenvalue weighted by atomic mass is 10.2. The number of nitrogens with one attached hydrogen (secondary N) is 1. The third-order valence-corrected chi connectivity index (χ3v) is 4.45. The van der Waals surface area contributed by atoms with Crippen LogP contribution in [0.15, 0.2) is 12.4 Å². The molecule has 24 heavy (non-hydrogen) atoms. The molecule has 3 rings (SSSR count). The van der Waals surface area contributed by atoms with E-state index in [1.54, 1.807) is 4.90 Å². The monoisotopic (exact) mass is 333 g/mol. The number of hydrogen-bond donors (Lipinski definition) is 1. The molecule has 8 heteroatoms. The Morgan fingerprint density at radius 3 is 2.62 bits per heavy atom. The van der Waals surface area contributed by atoms with Gasteiger partial charge in [0.15, 0.2) is 0 Å². The van der Waals surface area contributed by atoms with Crippen LogP contribution < -0.4 is 5.32 Å². The molecule has 2 aliphatic heterocycles. The number of likely N-dealkylation sites (N-methyl/N-ethyl adjacent to an activating group) is 1. The van der Waals surface area contributed by atoms with Crippen LogP contribution in [0.1, 0.15) is 30.3 Å².